The molecule has 6 nitrogen and oxygen atoms in total. The molecule has 25 heavy (non-hydrogen) atoms. The molecule has 0 saturated heterocycles. The number of nitrogens with zero attached hydrogens (tertiary/aromatic N) is 2. The molecule has 3 aromatic rings. The first-order valence-corrected chi connectivity index (χ1v) is 7.76. The van der Waals surface area contributed by atoms with Crippen LogP contribution >= 0.6 is 11.6 Å². The van der Waals surface area contributed by atoms with Gasteiger partial charge in [-0.1, -0.05) is 23.7 Å². The Balaban J connectivity index is 1.91. The van der Waals surface area contributed by atoms with Gasteiger partial charge in [0.2, 0.25) is 0 Å². The number of aromatic amines is 1. The van der Waals surface area contributed by atoms with Crippen molar-refractivity contribution in [2.24, 2.45) is 4.99 Å². The van der Waals surface area contributed by atoms with Gasteiger partial charge in [-0.25, -0.2) is 4.68 Å². The fraction of sp³-hybridized carbons (Fsp3) is 0.0556. The van der Waals surface area contributed by atoms with E-state index in [1.54, 1.807) is 43.3 Å². The number of carbonyl (C=O) groups is 1. The summed E-state index contributed by atoms with van der Waals surface area (Å²) in [4.78, 5) is 27.5. The number of aryl methyl sites for hydroxylation is 1. The van der Waals surface area contributed by atoms with Crippen LogP contribution in [0.4, 0.5) is 5.69 Å². The van der Waals surface area contributed by atoms with E-state index in [0.717, 1.165) is 0 Å². The van der Waals surface area contributed by atoms with Crippen LogP contribution in [0.5, 0.6) is 0 Å². The van der Waals surface area contributed by atoms with E-state index in [1.165, 1.54) is 23.0 Å². The predicted molar refractivity (Wildman–Crippen MR) is 94.2 cm³/mol. The maximum Gasteiger partial charge on any atom is 0.280 e. The normalized spacial score (nSPS) is 11.1. The van der Waals surface area contributed by atoms with E-state index >= 15 is 0 Å². The Morgan fingerprint density at radius 1 is 1.16 bits per heavy atom. The standard InChI is InChI=1S/C18H14ClN3O3/c1-11-16(10-20-14-6-2-12(3-7-14)18(24)25)17(23)22(21-11)15-8-4-13(19)5-9-15/h2-10,21H,1H3,(H,24,25)/p-1. The van der Waals surface area contributed by atoms with Crippen molar-refractivity contribution in [3.63, 3.8) is 0 Å². The molecule has 2 aromatic carbocycles. The minimum atomic E-state index is -1.25. The number of nitrogens with one attached hydrogen (secondary N) is 1. The van der Waals surface area contributed by atoms with Gasteiger partial charge in [-0.2, -0.15) is 0 Å². The van der Waals surface area contributed by atoms with Gasteiger partial charge in [-0.05, 0) is 48.9 Å². The first kappa shape index (κ1) is 16.7. The zero-order valence-electron chi connectivity index (χ0n) is 13.2. The fourth-order valence-electron chi connectivity index (χ4n) is 2.31. The van der Waals surface area contributed by atoms with Gasteiger partial charge in [0, 0.05) is 16.9 Å². The number of hydrogen-bond donors (Lipinski definition) is 1. The Bertz CT molecular complexity index is 1000. The third-order valence-electron chi connectivity index (χ3n) is 3.65. The lowest BCUT2D eigenvalue weighted by molar-refractivity contribution is -0.255. The highest BCUT2D eigenvalue weighted by atomic mass is 35.5. The molecule has 1 aromatic heterocycles. The largest absolute Gasteiger partial charge is 0.545 e. The number of aromatic nitrogens is 2. The quantitative estimate of drug-likeness (QED) is 0.728. The Morgan fingerprint density at radius 2 is 1.80 bits per heavy atom. The van der Waals surface area contributed by atoms with Crippen molar-refractivity contribution in [1.29, 1.82) is 0 Å². The molecule has 0 atom stereocenters. The molecular formula is C18H13ClN3O3-. The third-order valence-corrected chi connectivity index (χ3v) is 3.90. The molecule has 1 heterocycles. The summed E-state index contributed by atoms with van der Waals surface area (Å²) < 4.78 is 1.41. The first-order valence-electron chi connectivity index (χ1n) is 7.39. The predicted octanol–water partition coefficient (Wildman–Crippen LogP) is 2.24. The molecule has 7 heteroatoms. The number of H-pyrrole nitrogens is 1. The second-order valence-electron chi connectivity index (χ2n) is 5.36. The molecule has 0 aliphatic rings. The number of carboxylic acids is 1. The summed E-state index contributed by atoms with van der Waals surface area (Å²) in [6, 6.07) is 12.8. The van der Waals surface area contributed by atoms with E-state index in [1.807, 2.05) is 0 Å². The van der Waals surface area contributed by atoms with E-state index in [4.69, 9.17) is 11.6 Å². The van der Waals surface area contributed by atoms with Gasteiger partial charge in [0.05, 0.1) is 22.9 Å². The lowest BCUT2D eigenvalue weighted by atomic mass is 10.2. The van der Waals surface area contributed by atoms with Gasteiger partial charge in [0.25, 0.3) is 5.56 Å². The Kier molecular flexibility index (Phi) is 4.54. The van der Waals surface area contributed by atoms with Gasteiger partial charge in [0.15, 0.2) is 0 Å². The van der Waals surface area contributed by atoms with Crippen LogP contribution in [0.25, 0.3) is 5.69 Å². The van der Waals surface area contributed by atoms with Gasteiger partial charge in [0.1, 0.15) is 0 Å². The lowest BCUT2D eigenvalue weighted by Gasteiger charge is -2.01. The maximum atomic E-state index is 12.6. The summed E-state index contributed by atoms with van der Waals surface area (Å²) in [5, 5.41) is 14.3. The molecule has 0 saturated carbocycles. The first-order chi connectivity index (χ1) is 12.0. The van der Waals surface area contributed by atoms with Gasteiger partial charge in [-0.15, -0.1) is 0 Å². The SMILES string of the molecule is Cc1[nH]n(-c2ccc(Cl)cc2)c(=O)c1C=Nc1ccc(C(=O)[O-])cc1. The number of aromatic carboxylic acids is 1. The number of aliphatic imine (C=N–C) groups is 1. The van der Waals surface area contributed by atoms with Crippen LogP contribution in [-0.4, -0.2) is 22.0 Å². The average Bonchev–Trinajstić information content (AvgIpc) is 2.88. The number of hydrogen-bond acceptors (Lipinski definition) is 4. The van der Waals surface area contributed by atoms with Crippen LogP contribution in [0.3, 0.4) is 0 Å². The van der Waals surface area contributed by atoms with Crippen LogP contribution in [0, 0.1) is 6.92 Å². The fourth-order valence-corrected chi connectivity index (χ4v) is 2.43. The van der Waals surface area contributed by atoms with Crippen molar-refractivity contribution in [2.75, 3.05) is 0 Å². The van der Waals surface area contributed by atoms with Crippen LogP contribution in [0.1, 0.15) is 21.6 Å². The van der Waals surface area contributed by atoms with Crippen molar-refractivity contribution in [1.82, 2.24) is 9.78 Å². The minimum Gasteiger partial charge on any atom is -0.545 e. The van der Waals surface area contributed by atoms with Crippen LogP contribution in [0.15, 0.2) is 58.3 Å². The highest BCUT2D eigenvalue weighted by Gasteiger charge is 2.10. The van der Waals surface area contributed by atoms with Crippen molar-refractivity contribution in [3.8, 4) is 5.69 Å². The van der Waals surface area contributed by atoms with E-state index in [9.17, 15) is 14.7 Å². The highest BCUT2D eigenvalue weighted by molar-refractivity contribution is 6.30. The van der Waals surface area contributed by atoms with E-state index in [2.05, 4.69) is 10.1 Å². The molecule has 0 unspecified atom stereocenters. The summed E-state index contributed by atoms with van der Waals surface area (Å²) in [5.41, 5.74) is 2.10. The molecule has 0 aliphatic carbocycles. The number of rotatable bonds is 4. The molecule has 0 amide bonds. The van der Waals surface area contributed by atoms with Crippen molar-refractivity contribution in [2.45, 2.75) is 6.92 Å². The highest BCUT2D eigenvalue weighted by Crippen LogP contribution is 2.14. The van der Waals surface area contributed by atoms with E-state index in [0.29, 0.717) is 27.7 Å². The summed E-state index contributed by atoms with van der Waals surface area (Å²) in [6.45, 7) is 1.77. The molecule has 0 bridgehead atoms. The van der Waals surface area contributed by atoms with Gasteiger partial charge < -0.3 is 9.90 Å². The van der Waals surface area contributed by atoms with E-state index < -0.39 is 5.97 Å². The van der Waals surface area contributed by atoms with Crippen molar-refractivity contribution in [3.05, 3.63) is 80.7 Å². The molecule has 126 valence electrons. The minimum absolute atomic E-state index is 0.0712. The molecule has 0 fully saturated rings. The number of carboxylic acid groups (broad SMARTS) is 1. The molecule has 1 N–H and O–H groups in total. The maximum absolute atomic E-state index is 12.6. The van der Waals surface area contributed by atoms with Crippen molar-refractivity contribution >= 4 is 29.5 Å². The molecule has 3 rings (SSSR count). The topological polar surface area (TPSA) is 90.3 Å². The van der Waals surface area contributed by atoms with Gasteiger partial charge in [-0.3, -0.25) is 14.9 Å². The Labute approximate surface area is 148 Å². The van der Waals surface area contributed by atoms with Crippen LogP contribution < -0.4 is 10.7 Å². The summed E-state index contributed by atoms with van der Waals surface area (Å²) in [7, 11) is 0. The second kappa shape index (κ2) is 6.78. The zero-order valence-corrected chi connectivity index (χ0v) is 13.9. The summed E-state index contributed by atoms with van der Waals surface area (Å²) in [6.07, 6.45) is 1.45. The molecule has 0 aliphatic heterocycles. The number of benzene rings is 2. The van der Waals surface area contributed by atoms with E-state index in [-0.39, 0.29) is 11.1 Å². The number of halogens is 1. The lowest BCUT2D eigenvalue weighted by Crippen LogP contribution is -2.21. The zero-order chi connectivity index (χ0) is 18.0. The van der Waals surface area contributed by atoms with Gasteiger partial charge >= 0.3 is 0 Å². The molecule has 0 spiro atoms. The average molecular weight is 355 g/mol. The summed E-state index contributed by atoms with van der Waals surface area (Å²) in [5.74, 6) is -1.25. The molecular weight excluding hydrogens is 342 g/mol. The third kappa shape index (κ3) is 3.54. The smallest absolute Gasteiger partial charge is 0.280 e. The van der Waals surface area contributed by atoms with Crippen molar-refractivity contribution < 1.29 is 9.90 Å². The Hall–Kier alpha value is -3.12. The number of carbonyl (C=O) groups excluding carboxylic acids is 1. The molecule has 0 radical (unpaired) electrons. The Morgan fingerprint density at radius 3 is 2.40 bits per heavy atom. The van der Waals surface area contributed by atoms with Crippen LogP contribution in [0.2, 0.25) is 5.02 Å². The second-order valence-corrected chi connectivity index (χ2v) is 5.80. The summed E-state index contributed by atoms with van der Waals surface area (Å²) >= 11 is 5.86. The van der Waals surface area contributed by atoms with Crippen LogP contribution in [-0.2, 0) is 0 Å². The monoisotopic (exact) mass is 354 g/mol.